The Labute approximate surface area is 213 Å². The third-order valence-corrected chi connectivity index (χ3v) is 8.57. The summed E-state index contributed by atoms with van der Waals surface area (Å²) >= 11 is 1.67. The van der Waals surface area contributed by atoms with Crippen LogP contribution in [0.25, 0.3) is 22.0 Å². The van der Waals surface area contributed by atoms with Crippen molar-refractivity contribution in [1.29, 1.82) is 0 Å². The third-order valence-electron chi connectivity index (χ3n) is 7.68. The van der Waals surface area contributed by atoms with E-state index in [0.29, 0.717) is 12.5 Å². The van der Waals surface area contributed by atoms with Gasteiger partial charge in [-0.15, -0.1) is 11.3 Å². The summed E-state index contributed by atoms with van der Waals surface area (Å²) in [6, 6.07) is 12.4. The zero-order chi connectivity index (χ0) is 24.0. The maximum Gasteiger partial charge on any atom is 0.253 e. The fourth-order valence-electron chi connectivity index (χ4n) is 5.62. The number of nitrogens with one attached hydrogen (secondary N) is 1. The van der Waals surface area contributed by atoms with Crippen molar-refractivity contribution < 1.29 is 4.79 Å². The Hall–Kier alpha value is -2.66. The van der Waals surface area contributed by atoms with Crippen LogP contribution in [0.2, 0.25) is 0 Å². The highest BCUT2D eigenvalue weighted by Gasteiger charge is 2.23. The van der Waals surface area contributed by atoms with Gasteiger partial charge in [0.25, 0.3) is 5.91 Å². The van der Waals surface area contributed by atoms with Crippen LogP contribution in [0.4, 0.5) is 0 Å². The number of rotatable bonds is 8. The van der Waals surface area contributed by atoms with E-state index in [1.54, 1.807) is 11.3 Å². The summed E-state index contributed by atoms with van der Waals surface area (Å²) in [6.45, 7) is 3.79. The second kappa shape index (κ2) is 11.4. The maximum atomic E-state index is 13.3. The molecule has 3 aromatic rings. The molecular weight excluding hydrogens is 450 g/mol. The van der Waals surface area contributed by atoms with Crippen molar-refractivity contribution in [2.24, 2.45) is 5.92 Å². The molecule has 0 atom stereocenters. The van der Waals surface area contributed by atoms with E-state index in [-0.39, 0.29) is 5.91 Å². The SMILES string of the molecule is Cc1c(C(=O)NCCC2=CCCCC2)cc(-c2csc(-c3ccccc3)n2)n1CC1CCCCC1. The van der Waals surface area contributed by atoms with E-state index in [0.717, 1.165) is 46.2 Å². The molecule has 0 unspecified atom stereocenters. The van der Waals surface area contributed by atoms with Gasteiger partial charge >= 0.3 is 0 Å². The normalized spacial score (nSPS) is 16.8. The van der Waals surface area contributed by atoms with Gasteiger partial charge in [-0.3, -0.25) is 4.79 Å². The number of thiazole rings is 1. The van der Waals surface area contributed by atoms with Crippen LogP contribution in [-0.2, 0) is 6.54 Å². The largest absolute Gasteiger partial charge is 0.352 e. The lowest BCUT2D eigenvalue weighted by atomic mass is 9.89. The molecule has 1 fully saturated rings. The molecule has 2 aliphatic carbocycles. The molecule has 5 rings (SSSR count). The van der Waals surface area contributed by atoms with Crippen LogP contribution in [0.1, 0.15) is 80.3 Å². The van der Waals surface area contributed by atoms with Crippen molar-refractivity contribution in [1.82, 2.24) is 14.9 Å². The minimum atomic E-state index is 0.0427. The molecule has 0 saturated heterocycles. The van der Waals surface area contributed by atoms with E-state index >= 15 is 0 Å². The van der Waals surface area contributed by atoms with Gasteiger partial charge in [-0.1, -0.05) is 61.2 Å². The smallest absolute Gasteiger partial charge is 0.253 e. The van der Waals surface area contributed by atoms with Crippen LogP contribution >= 0.6 is 11.3 Å². The molecule has 1 saturated carbocycles. The number of amides is 1. The summed E-state index contributed by atoms with van der Waals surface area (Å²) in [5, 5.41) is 6.37. The number of allylic oxidation sites excluding steroid dienone is 1. The second-order valence-corrected chi connectivity index (χ2v) is 11.0. The number of carbonyl (C=O) groups is 1. The average Bonchev–Trinajstić information content (AvgIpc) is 3.51. The van der Waals surface area contributed by atoms with Gasteiger partial charge in [-0.2, -0.15) is 0 Å². The van der Waals surface area contributed by atoms with Crippen LogP contribution < -0.4 is 5.32 Å². The first-order valence-electron chi connectivity index (χ1n) is 13.4. The Balaban J connectivity index is 1.39. The predicted molar refractivity (Wildman–Crippen MR) is 146 cm³/mol. The van der Waals surface area contributed by atoms with E-state index in [9.17, 15) is 4.79 Å². The zero-order valence-corrected chi connectivity index (χ0v) is 21.7. The lowest BCUT2D eigenvalue weighted by molar-refractivity contribution is 0.0953. The van der Waals surface area contributed by atoms with Crippen molar-refractivity contribution in [3.8, 4) is 22.0 Å². The summed E-state index contributed by atoms with van der Waals surface area (Å²) in [7, 11) is 0. The fourth-order valence-corrected chi connectivity index (χ4v) is 6.44. The molecule has 35 heavy (non-hydrogen) atoms. The number of benzene rings is 1. The Morgan fingerprint density at radius 3 is 2.71 bits per heavy atom. The molecule has 1 N–H and O–H groups in total. The van der Waals surface area contributed by atoms with Crippen LogP contribution in [0.15, 0.2) is 53.4 Å². The summed E-state index contributed by atoms with van der Waals surface area (Å²) in [6.07, 6.45) is 14.8. The van der Waals surface area contributed by atoms with Crippen molar-refractivity contribution in [3.05, 3.63) is 64.7 Å². The first kappa shape index (κ1) is 24.1. The molecule has 2 aromatic heterocycles. The van der Waals surface area contributed by atoms with E-state index in [2.05, 4.69) is 58.6 Å². The predicted octanol–water partition coefficient (Wildman–Crippen LogP) is 7.79. The molecule has 4 nitrogen and oxygen atoms in total. The van der Waals surface area contributed by atoms with Crippen molar-refractivity contribution in [2.75, 3.05) is 6.54 Å². The third kappa shape index (κ3) is 5.78. The molecule has 2 heterocycles. The topological polar surface area (TPSA) is 46.9 Å². The van der Waals surface area contributed by atoms with Gasteiger partial charge in [0.15, 0.2) is 0 Å². The zero-order valence-electron chi connectivity index (χ0n) is 20.9. The van der Waals surface area contributed by atoms with Crippen molar-refractivity contribution in [3.63, 3.8) is 0 Å². The van der Waals surface area contributed by atoms with Crippen LogP contribution in [0.5, 0.6) is 0 Å². The number of nitrogens with zero attached hydrogens (tertiary/aromatic N) is 2. The highest BCUT2D eigenvalue weighted by Crippen LogP contribution is 2.34. The van der Waals surface area contributed by atoms with Gasteiger partial charge in [-0.25, -0.2) is 4.98 Å². The summed E-state index contributed by atoms with van der Waals surface area (Å²) in [5.74, 6) is 0.719. The highest BCUT2D eigenvalue weighted by atomic mass is 32.1. The summed E-state index contributed by atoms with van der Waals surface area (Å²) in [4.78, 5) is 18.3. The standard InChI is InChI=1S/C30H37N3OS/c1-22-26(29(34)31-18-17-23-11-5-2-6-12-23)19-28(33(22)20-24-13-7-3-8-14-24)27-21-35-30(32-27)25-15-9-4-10-16-25/h4,9-11,15-16,19,21,24H,2-3,5-8,12-14,17-18,20H2,1H3,(H,31,34). The first-order valence-corrected chi connectivity index (χ1v) is 14.2. The molecule has 0 aliphatic heterocycles. The quantitative estimate of drug-likeness (QED) is 0.330. The fraction of sp³-hybridized carbons (Fsp3) is 0.467. The highest BCUT2D eigenvalue weighted by molar-refractivity contribution is 7.13. The van der Waals surface area contributed by atoms with Crippen LogP contribution in [-0.4, -0.2) is 22.0 Å². The Morgan fingerprint density at radius 2 is 1.94 bits per heavy atom. The van der Waals surface area contributed by atoms with Gasteiger partial charge in [0.05, 0.1) is 17.0 Å². The molecule has 1 aromatic carbocycles. The lowest BCUT2D eigenvalue weighted by Crippen LogP contribution is -2.25. The molecule has 0 radical (unpaired) electrons. The monoisotopic (exact) mass is 487 g/mol. The van der Waals surface area contributed by atoms with Crippen LogP contribution in [0.3, 0.4) is 0 Å². The van der Waals surface area contributed by atoms with Gasteiger partial charge in [0, 0.05) is 29.7 Å². The van der Waals surface area contributed by atoms with Gasteiger partial charge in [-0.05, 0) is 63.9 Å². The van der Waals surface area contributed by atoms with E-state index in [1.807, 2.05) is 6.07 Å². The first-order chi connectivity index (χ1) is 17.2. The molecule has 1 amide bonds. The van der Waals surface area contributed by atoms with Gasteiger partial charge in [0.2, 0.25) is 0 Å². The molecule has 0 bridgehead atoms. The van der Waals surface area contributed by atoms with Crippen molar-refractivity contribution in [2.45, 2.75) is 77.7 Å². The molecule has 0 spiro atoms. The Morgan fingerprint density at radius 1 is 1.11 bits per heavy atom. The summed E-state index contributed by atoms with van der Waals surface area (Å²) < 4.78 is 2.37. The number of carbonyl (C=O) groups excluding carboxylic acids is 1. The number of hydrogen-bond donors (Lipinski definition) is 1. The number of hydrogen-bond acceptors (Lipinski definition) is 3. The Bertz CT molecular complexity index is 1170. The lowest BCUT2D eigenvalue weighted by Gasteiger charge is -2.24. The Kier molecular flexibility index (Phi) is 7.82. The number of aromatic nitrogens is 2. The average molecular weight is 488 g/mol. The molecule has 184 valence electrons. The van der Waals surface area contributed by atoms with Crippen LogP contribution in [0, 0.1) is 12.8 Å². The van der Waals surface area contributed by atoms with Gasteiger partial charge in [0.1, 0.15) is 5.01 Å². The second-order valence-electron chi connectivity index (χ2n) is 10.2. The maximum absolute atomic E-state index is 13.3. The molecular formula is C30H37N3OS. The molecule has 2 aliphatic rings. The van der Waals surface area contributed by atoms with E-state index in [4.69, 9.17) is 4.98 Å². The van der Waals surface area contributed by atoms with E-state index in [1.165, 1.54) is 63.4 Å². The summed E-state index contributed by atoms with van der Waals surface area (Å²) in [5.41, 5.74) is 6.54. The molecule has 5 heteroatoms. The van der Waals surface area contributed by atoms with Crippen molar-refractivity contribution >= 4 is 17.2 Å². The minimum Gasteiger partial charge on any atom is -0.352 e. The van der Waals surface area contributed by atoms with Gasteiger partial charge < -0.3 is 9.88 Å². The minimum absolute atomic E-state index is 0.0427. The van der Waals surface area contributed by atoms with E-state index < -0.39 is 0 Å².